The van der Waals surface area contributed by atoms with Gasteiger partial charge in [-0.3, -0.25) is 4.98 Å². The van der Waals surface area contributed by atoms with E-state index in [9.17, 15) is 0 Å². The lowest BCUT2D eigenvalue weighted by atomic mass is 10.2. The quantitative estimate of drug-likeness (QED) is 0.789. The molecule has 17 heavy (non-hydrogen) atoms. The fourth-order valence-corrected chi connectivity index (χ4v) is 1.46. The van der Waals surface area contributed by atoms with Gasteiger partial charge in [0.05, 0.1) is 0 Å². The molecule has 5 nitrogen and oxygen atoms in total. The zero-order valence-electron chi connectivity index (χ0n) is 9.41. The second-order valence-electron chi connectivity index (χ2n) is 3.58. The van der Waals surface area contributed by atoms with Gasteiger partial charge in [0.2, 0.25) is 0 Å². The highest BCUT2D eigenvalue weighted by molar-refractivity contribution is 5.41. The van der Waals surface area contributed by atoms with Crippen LogP contribution in [-0.4, -0.2) is 22.0 Å². The molecule has 0 amide bonds. The van der Waals surface area contributed by atoms with Crippen molar-refractivity contribution in [1.29, 1.82) is 5.26 Å². The van der Waals surface area contributed by atoms with E-state index in [1.807, 2.05) is 30.1 Å². The molecule has 5 heteroatoms. The van der Waals surface area contributed by atoms with E-state index in [0.29, 0.717) is 12.2 Å². The number of rotatable bonds is 3. The van der Waals surface area contributed by atoms with Gasteiger partial charge in [0.1, 0.15) is 23.9 Å². The Balaban J connectivity index is 2.15. The van der Waals surface area contributed by atoms with Crippen LogP contribution in [-0.2, 0) is 6.54 Å². The van der Waals surface area contributed by atoms with Crippen LogP contribution in [0.1, 0.15) is 11.3 Å². The minimum absolute atomic E-state index is 0.372. The zero-order valence-corrected chi connectivity index (χ0v) is 9.41. The highest BCUT2D eigenvalue weighted by Crippen LogP contribution is 2.11. The second kappa shape index (κ2) is 5.03. The molecule has 0 saturated heterocycles. The van der Waals surface area contributed by atoms with Gasteiger partial charge in [0.15, 0.2) is 0 Å². The number of hydrogen-bond acceptors (Lipinski definition) is 5. The summed E-state index contributed by atoms with van der Waals surface area (Å²) >= 11 is 0. The third kappa shape index (κ3) is 2.75. The largest absolute Gasteiger partial charge is 0.355 e. The number of anilines is 1. The molecule has 2 aromatic rings. The van der Waals surface area contributed by atoms with Crippen LogP contribution in [0, 0.1) is 11.3 Å². The van der Waals surface area contributed by atoms with Crippen LogP contribution in [0.3, 0.4) is 0 Å². The molecule has 2 rings (SSSR count). The maximum atomic E-state index is 8.77. The SMILES string of the molecule is CN(Cc1ccncc1)c1cc(C#N)ncn1. The number of nitrogens with zero attached hydrogens (tertiary/aromatic N) is 5. The Hall–Kier alpha value is -2.48. The molecular weight excluding hydrogens is 214 g/mol. The Bertz CT molecular complexity index is 532. The number of aromatic nitrogens is 3. The van der Waals surface area contributed by atoms with Crippen molar-refractivity contribution in [3.63, 3.8) is 0 Å². The summed E-state index contributed by atoms with van der Waals surface area (Å²) in [5.41, 5.74) is 1.51. The fourth-order valence-electron chi connectivity index (χ4n) is 1.46. The minimum Gasteiger partial charge on any atom is -0.355 e. The summed E-state index contributed by atoms with van der Waals surface area (Å²) in [5, 5.41) is 8.77. The fraction of sp³-hybridized carbons (Fsp3) is 0.167. The number of nitriles is 1. The van der Waals surface area contributed by atoms with E-state index in [1.165, 1.54) is 6.33 Å². The molecule has 0 spiro atoms. The highest BCUT2D eigenvalue weighted by atomic mass is 15.2. The van der Waals surface area contributed by atoms with Crippen molar-refractivity contribution in [2.45, 2.75) is 6.54 Å². The molecular formula is C12H11N5. The lowest BCUT2D eigenvalue weighted by Gasteiger charge is -2.17. The average molecular weight is 225 g/mol. The lowest BCUT2D eigenvalue weighted by Crippen LogP contribution is -2.17. The average Bonchev–Trinajstić information content (AvgIpc) is 2.40. The molecule has 0 bridgehead atoms. The van der Waals surface area contributed by atoms with Gasteiger partial charge >= 0.3 is 0 Å². The van der Waals surface area contributed by atoms with Gasteiger partial charge in [-0.15, -0.1) is 0 Å². The molecule has 0 aromatic carbocycles. The van der Waals surface area contributed by atoms with Crippen molar-refractivity contribution in [3.05, 3.63) is 48.2 Å². The molecule has 0 aliphatic rings. The van der Waals surface area contributed by atoms with E-state index in [-0.39, 0.29) is 0 Å². The van der Waals surface area contributed by atoms with Gasteiger partial charge in [-0.05, 0) is 17.7 Å². The van der Waals surface area contributed by atoms with Crippen molar-refractivity contribution in [1.82, 2.24) is 15.0 Å². The summed E-state index contributed by atoms with van der Waals surface area (Å²) in [7, 11) is 1.92. The molecule has 0 N–H and O–H groups in total. The summed E-state index contributed by atoms with van der Waals surface area (Å²) in [6, 6.07) is 7.56. The minimum atomic E-state index is 0.372. The Morgan fingerprint density at radius 2 is 2.06 bits per heavy atom. The third-order valence-electron chi connectivity index (χ3n) is 2.33. The standard InChI is InChI=1S/C12H11N5/c1-17(8-10-2-4-14-5-3-10)12-6-11(7-13)15-9-16-12/h2-6,9H,8H2,1H3. The van der Waals surface area contributed by atoms with E-state index in [0.717, 1.165) is 11.4 Å². The Kier molecular flexibility index (Phi) is 3.26. The molecule has 0 atom stereocenters. The zero-order chi connectivity index (χ0) is 12.1. The summed E-state index contributed by atoms with van der Waals surface area (Å²) in [5.74, 6) is 0.730. The summed E-state index contributed by atoms with van der Waals surface area (Å²) in [4.78, 5) is 13.9. The Morgan fingerprint density at radius 1 is 1.29 bits per heavy atom. The van der Waals surface area contributed by atoms with E-state index in [1.54, 1.807) is 18.5 Å². The second-order valence-corrected chi connectivity index (χ2v) is 3.58. The Morgan fingerprint density at radius 3 is 2.76 bits per heavy atom. The highest BCUT2D eigenvalue weighted by Gasteiger charge is 2.04. The van der Waals surface area contributed by atoms with Crippen molar-refractivity contribution in [3.8, 4) is 6.07 Å². The first-order valence-electron chi connectivity index (χ1n) is 5.12. The van der Waals surface area contributed by atoms with Crippen LogP contribution >= 0.6 is 0 Å². The first kappa shape index (κ1) is 11.0. The van der Waals surface area contributed by atoms with Crippen LogP contribution in [0.2, 0.25) is 0 Å². The van der Waals surface area contributed by atoms with Crippen LogP contribution in [0.5, 0.6) is 0 Å². The van der Waals surface area contributed by atoms with Crippen LogP contribution in [0.25, 0.3) is 0 Å². The van der Waals surface area contributed by atoms with Crippen molar-refractivity contribution < 1.29 is 0 Å². The van der Waals surface area contributed by atoms with E-state index < -0.39 is 0 Å². The molecule has 0 aliphatic heterocycles. The van der Waals surface area contributed by atoms with Gasteiger partial charge < -0.3 is 4.90 Å². The smallest absolute Gasteiger partial charge is 0.145 e. The van der Waals surface area contributed by atoms with Gasteiger partial charge in [-0.25, -0.2) is 9.97 Å². The van der Waals surface area contributed by atoms with E-state index in [2.05, 4.69) is 15.0 Å². The molecule has 0 aliphatic carbocycles. The van der Waals surface area contributed by atoms with E-state index >= 15 is 0 Å². The maximum Gasteiger partial charge on any atom is 0.145 e. The molecule has 2 aromatic heterocycles. The maximum absolute atomic E-state index is 8.77. The third-order valence-corrected chi connectivity index (χ3v) is 2.33. The van der Waals surface area contributed by atoms with Crippen LogP contribution in [0.4, 0.5) is 5.82 Å². The molecule has 0 unspecified atom stereocenters. The number of hydrogen-bond donors (Lipinski definition) is 0. The molecule has 84 valence electrons. The van der Waals surface area contributed by atoms with Gasteiger partial charge in [0, 0.05) is 32.1 Å². The van der Waals surface area contributed by atoms with Crippen LogP contribution < -0.4 is 4.90 Å². The number of pyridine rings is 1. The summed E-state index contributed by atoms with van der Waals surface area (Å²) in [6.07, 6.45) is 4.91. The Labute approximate surface area is 99.4 Å². The predicted molar refractivity (Wildman–Crippen MR) is 63.1 cm³/mol. The van der Waals surface area contributed by atoms with Crippen molar-refractivity contribution >= 4 is 5.82 Å². The first-order chi connectivity index (χ1) is 8.29. The van der Waals surface area contributed by atoms with Crippen molar-refractivity contribution in [2.24, 2.45) is 0 Å². The van der Waals surface area contributed by atoms with Crippen LogP contribution in [0.15, 0.2) is 36.9 Å². The topological polar surface area (TPSA) is 65.7 Å². The van der Waals surface area contributed by atoms with Gasteiger partial charge in [-0.2, -0.15) is 5.26 Å². The normalized spacial score (nSPS) is 9.65. The van der Waals surface area contributed by atoms with Crippen molar-refractivity contribution in [2.75, 3.05) is 11.9 Å². The summed E-state index contributed by atoms with van der Waals surface area (Å²) < 4.78 is 0. The molecule has 0 radical (unpaired) electrons. The van der Waals surface area contributed by atoms with E-state index in [4.69, 9.17) is 5.26 Å². The van der Waals surface area contributed by atoms with Gasteiger partial charge in [-0.1, -0.05) is 0 Å². The first-order valence-corrected chi connectivity index (χ1v) is 5.12. The van der Waals surface area contributed by atoms with Gasteiger partial charge in [0.25, 0.3) is 0 Å². The lowest BCUT2D eigenvalue weighted by molar-refractivity contribution is 0.886. The predicted octanol–water partition coefficient (Wildman–Crippen LogP) is 1.38. The monoisotopic (exact) mass is 225 g/mol. The molecule has 2 heterocycles. The molecule has 0 saturated carbocycles. The summed E-state index contributed by atoms with van der Waals surface area (Å²) in [6.45, 7) is 0.713. The molecule has 0 fully saturated rings.